The van der Waals surface area contributed by atoms with Gasteiger partial charge in [-0.2, -0.15) is 28.9 Å². The van der Waals surface area contributed by atoms with Gasteiger partial charge in [0, 0.05) is 6.42 Å². The van der Waals surface area contributed by atoms with E-state index < -0.39 is 0 Å². The lowest BCUT2D eigenvalue weighted by Crippen LogP contribution is -1.77. The summed E-state index contributed by atoms with van der Waals surface area (Å²) >= 11 is 0. The Bertz CT molecular complexity index is 159. The second-order valence-corrected chi connectivity index (χ2v) is 1.45. The molecule has 1 aromatic rings. The molecule has 9 heavy (non-hydrogen) atoms. The first kappa shape index (κ1) is 8.23. The Morgan fingerprint density at radius 1 is 1.78 bits per heavy atom. The van der Waals surface area contributed by atoms with Crippen LogP contribution in [-0.4, -0.2) is 15.4 Å². The molecule has 0 radical (unpaired) electrons. The number of allylic oxidation sites excluding steroid dienone is 1. The Kier molecular flexibility index (Phi) is 3.79. The van der Waals surface area contributed by atoms with Crippen molar-refractivity contribution in [3.8, 4) is 0 Å². The molecule has 0 fully saturated rings. The van der Waals surface area contributed by atoms with Gasteiger partial charge in [-0.05, 0) is 0 Å². The fourth-order valence-electron chi connectivity index (χ4n) is 0.472. The van der Waals surface area contributed by atoms with Gasteiger partial charge in [0.25, 0.3) is 0 Å². The largest absolute Gasteiger partial charge is 0.198 e. The van der Waals surface area contributed by atoms with E-state index in [9.17, 15) is 0 Å². The molecule has 0 spiro atoms. The Balaban J connectivity index is 0.000000640. The van der Waals surface area contributed by atoms with Gasteiger partial charge in [-0.1, -0.05) is 6.08 Å². The number of nitrogens with one attached hydrogen (secondary N) is 1. The minimum Gasteiger partial charge on any atom is -0.198 e. The van der Waals surface area contributed by atoms with Gasteiger partial charge < -0.3 is 0 Å². The molecule has 0 saturated heterocycles. The van der Waals surface area contributed by atoms with Crippen LogP contribution in [0.15, 0.2) is 18.9 Å². The van der Waals surface area contributed by atoms with Gasteiger partial charge >= 0.3 is 0 Å². The predicted octanol–water partition coefficient (Wildman–Crippen LogP) is 0.646. The average Bonchev–Trinajstić information content (AvgIpc) is 2.19. The van der Waals surface area contributed by atoms with Crippen LogP contribution in [0, 0.1) is 0 Å². The number of hydrogen-bond donors (Lipinski definition) is 1. The summed E-state index contributed by atoms with van der Waals surface area (Å²) in [5.41, 5.74) is 0.931. The lowest BCUT2D eigenvalue weighted by Gasteiger charge is -1.78. The van der Waals surface area contributed by atoms with Crippen molar-refractivity contribution in [1.29, 1.82) is 0 Å². The van der Waals surface area contributed by atoms with E-state index >= 15 is 0 Å². The molecule has 0 unspecified atom stereocenters. The minimum absolute atomic E-state index is 0. The quantitative estimate of drug-likeness (QED) is 0.617. The zero-order chi connectivity index (χ0) is 5.82. The third kappa shape index (κ3) is 2.32. The molecule has 3 nitrogen and oxygen atoms in total. The molecule has 0 aromatic carbocycles. The van der Waals surface area contributed by atoms with Gasteiger partial charge in [-0.15, -0.1) is 6.58 Å². The molecule has 1 rings (SSSR count). The monoisotopic (exact) mass is 143 g/mol. The smallest absolute Gasteiger partial charge is 0.0862 e. The third-order valence-electron chi connectivity index (χ3n) is 0.818. The minimum atomic E-state index is 0. The summed E-state index contributed by atoms with van der Waals surface area (Å²) in [5.74, 6) is 0. The zero-order valence-electron chi connectivity index (χ0n) is 4.96. The summed E-state index contributed by atoms with van der Waals surface area (Å²) in [7, 11) is 0. The molecule has 0 bridgehead atoms. The van der Waals surface area contributed by atoms with Crippen LogP contribution < -0.4 is 0 Å². The van der Waals surface area contributed by atoms with Crippen LogP contribution >= 0.6 is 13.5 Å². The average molecular weight is 143 g/mol. The maximum atomic E-state index is 3.80. The summed E-state index contributed by atoms with van der Waals surface area (Å²) in [5, 5.41) is 9.92. The van der Waals surface area contributed by atoms with Crippen molar-refractivity contribution in [2.45, 2.75) is 6.42 Å². The Labute approximate surface area is 60.6 Å². The van der Waals surface area contributed by atoms with E-state index in [2.05, 4.69) is 22.0 Å². The molecule has 4 heteroatoms. The van der Waals surface area contributed by atoms with Crippen molar-refractivity contribution in [1.82, 2.24) is 15.4 Å². The number of rotatable bonds is 2. The molecule has 0 saturated carbocycles. The van der Waals surface area contributed by atoms with Crippen molar-refractivity contribution >= 4 is 13.5 Å². The summed E-state index contributed by atoms with van der Waals surface area (Å²) in [4.78, 5) is 0. The summed E-state index contributed by atoms with van der Waals surface area (Å²) in [6.45, 7) is 3.55. The van der Waals surface area contributed by atoms with E-state index in [1.165, 1.54) is 0 Å². The lowest BCUT2D eigenvalue weighted by atomic mass is 10.3. The van der Waals surface area contributed by atoms with E-state index in [1.54, 1.807) is 12.3 Å². The highest BCUT2D eigenvalue weighted by molar-refractivity contribution is 7.59. The predicted molar refractivity (Wildman–Crippen MR) is 40.7 cm³/mol. The van der Waals surface area contributed by atoms with Crippen LogP contribution in [0.5, 0.6) is 0 Å². The number of hydrogen-bond acceptors (Lipinski definition) is 2. The molecule has 0 amide bonds. The Morgan fingerprint density at radius 2 is 2.56 bits per heavy atom. The molecule has 0 aliphatic heterocycles. The van der Waals surface area contributed by atoms with Crippen molar-refractivity contribution in [2.75, 3.05) is 0 Å². The summed E-state index contributed by atoms with van der Waals surface area (Å²) < 4.78 is 0. The highest BCUT2D eigenvalue weighted by Crippen LogP contribution is 1.88. The van der Waals surface area contributed by atoms with Crippen molar-refractivity contribution in [3.05, 3.63) is 24.5 Å². The van der Waals surface area contributed by atoms with Crippen LogP contribution in [0.2, 0.25) is 0 Å². The second-order valence-electron chi connectivity index (χ2n) is 1.45. The maximum absolute atomic E-state index is 3.80. The molecule has 1 heterocycles. The van der Waals surface area contributed by atoms with E-state index in [0.29, 0.717) is 0 Å². The van der Waals surface area contributed by atoms with Gasteiger partial charge in [-0.25, -0.2) is 0 Å². The topological polar surface area (TPSA) is 41.6 Å². The first-order valence-corrected chi connectivity index (χ1v) is 2.39. The van der Waals surface area contributed by atoms with E-state index in [0.717, 1.165) is 12.1 Å². The summed E-state index contributed by atoms with van der Waals surface area (Å²) in [6, 6.07) is 0. The van der Waals surface area contributed by atoms with E-state index in [1.807, 2.05) is 0 Å². The number of H-pyrrole nitrogens is 1. The van der Waals surface area contributed by atoms with Crippen LogP contribution in [0.1, 0.15) is 5.69 Å². The fraction of sp³-hybridized carbons (Fsp3) is 0.200. The fourth-order valence-corrected chi connectivity index (χ4v) is 0.472. The Morgan fingerprint density at radius 3 is 3.00 bits per heavy atom. The number of nitrogens with zero attached hydrogens (tertiary/aromatic N) is 2. The zero-order valence-corrected chi connectivity index (χ0v) is 5.96. The van der Waals surface area contributed by atoms with Crippen LogP contribution in [0.3, 0.4) is 0 Å². The first-order valence-electron chi connectivity index (χ1n) is 2.39. The molecular formula is C5H9N3S. The second kappa shape index (κ2) is 4.14. The Hall–Kier alpha value is -0.770. The maximum Gasteiger partial charge on any atom is 0.0862 e. The highest BCUT2D eigenvalue weighted by atomic mass is 32.1. The molecule has 0 aliphatic carbocycles. The van der Waals surface area contributed by atoms with E-state index in [-0.39, 0.29) is 13.5 Å². The normalized spacial score (nSPS) is 8.00. The van der Waals surface area contributed by atoms with Gasteiger partial charge in [-0.3, -0.25) is 0 Å². The van der Waals surface area contributed by atoms with Crippen molar-refractivity contribution < 1.29 is 0 Å². The van der Waals surface area contributed by atoms with Gasteiger partial charge in [0.1, 0.15) is 0 Å². The SMILES string of the molecule is C=CCc1cn[nH]n1.S. The van der Waals surface area contributed by atoms with Crippen LogP contribution in [-0.2, 0) is 6.42 Å². The first-order chi connectivity index (χ1) is 3.93. The third-order valence-corrected chi connectivity index (χ3v) is 0.818. The number of aromatic nitrogens is 3. The van der Waals surface area contributed by atoms with Gasteiger partial charge in [0.2, 0.25) is 0 Å². The summed E-state index contributed by atoms with van der Waals surface area (Å²) in [6.07, 6.45) is 4.26. The van der Waals surface area contributed by atoms with Crippen molar-refractivity contribution in [3.63, 3.8) is 0 Å². The van der Waals surface area contributed by atoms with Crippen molar-refractivity contribution in [2.24, 2.45) is 0 Å². The van der Waals surface area contributed by atoms with E-state index in [4.69, 9.17) is 0 Å². The number of aromatic amines is 1. The van der Waals surface area contributed by atoms with Gasteiger partial charge in [0.15, 0.2) is 0 Å². The van der Waals surface area contributed by atoms with Crippen LogP contribution in [0.25, 0.3) is 0 Å². The molecule has 0 atom stereocenters. The lowest BCUT2D eigenvalue weighted by molar-refractivity contribution is 0.919. The van der Waals surface area contributed by atoms with Gasteiger partial charge in [0.05, 0.1) is 11.9 Å². The highest BCUT2D eigenvalue weighted by Gasteiger charge is 1.87. The molecule has 50 valence electrons. The molecule has 1 N–H and O–H groups in total. The van der Waals surface area contributed by atoms with Crippen LogP contribution in [0.4, 0.5) is 0 Å². The molecular weight excluding hydrogens is 134 g/mol. The standard InChI is InChI=1S/C5H7N3.H2S/c1-2-3-5-4-6-8-7-5;/h2,4H,1,3H2,(H,6,7,8);1H2. The molecule has 0 aliphatic rings. The molecule has 1 aromatic heterocycles.